The quantitative estimate of drug-likeness (QED) is 0.760. The van der Waals surface area contributed by atoms with Crippen LogP contribution in [0.25, 0.3) is 10.9 Å². The van der Waals surface area contributed by atoms with Crippen LogP contribution in [-0.4, -0.2) is 34.8 Å². The van der Waals surface area contributed by atoms with Crippen LogP contribution in [0.3, 0.4) is 0 Å². The standard InChI is InChI=1S/C21H21N3O2/c1-3-24(4-2)21(26)16-9-5-11-17(14-16)23-20(25)18-12-6-8-15-10-7-13-22-19(15)18/h5-14H,3-4H2,1-2H3,(H,23,25). The number of fused-ring (bicyclic) bond motifs is 1. The highest BCUT2D eigenvalue weighted by Gasteiger charge is 2.15. The van der Waals surface area contributed by atoms with Gasteiger partial charge in [-0.2, -0.15) is 0 Å². The molecule has 0 aliphatic rings. The molecule has 132 valence electrons. The number of hydrogen-bond acceptors (Lipinski definition) is 3. The van der Waals surface area contributed by atoms with E-state index >= 15 is 0 Å². The maximum absolute atomic E-state index is 12.7. The van der Waals surface area contributed by atoms with Crippen molar-refractivity contribution in [3.8, 4) is 0 Å². The summed E-state index contributed by atoms with van der Waals surface area (Å²) in [5.74, 6) is -0.292. The Hall–Kier alpha value is -3.21. The number of nitrogens with one attached hydrogen (secondary N) is 1. The van der Waals surface area contributed by atoms with Gasteiger partial charge in [-0.05, 0) is 44.2 Å². The topological polar surface area (TPSA) is 62.3 Å². The van der Waals surface area contributed by atoms with Crippen LogP contribution in [0.1, 0.15) is 34.6 Å². The highest BCUT2D eigenvalue weighted by atomic mass is 16.2. The number of amides is 2. The first kappa shape index (κ1) is 17.6. The Morgan fingerprint density at radius 3 is 2.50 bits per heavy atom. The third-order valence-electron chi connectivity index (χ3n) is 4.30. The Bertz CT molecular complexity index is 943. The van der Waals surface area contributed by atoms with E-state index in [9.17, 15) is 9.59 Å². The largest absolute Gasteiger partial charge is 0.339 e. The number of rotatable bonds is 5. The first-order valence-electron chi connectivity index (χ1n) is 8.68. The lowest BCUT2D eigenvalue weighted by molar-refractivity contribution is 0.0772. The monoisotopic (exact) mass is 347 g/mol. The number of aromatic nitrogens is 1. The molecule has 0 radical (unpaired) electrons. The Kier molecular flexibility index (Phi) is 5.27. The van der Waals surface area contributed by atoms with Crippen LogP contribution in [0, 0.1) is 0 Å². The van der Waals surface area contributed by atoms with E-state index in [4.69, 9.17) is 0 Å². The second-order valence-electron chi connectivity index (χ2n) is 5.89. The van der Waals surface area contributed by atoms with Crippen LogP contribution in [0.4, 0.5) is 5.69 Å². The van der Waals surface area contributed by atoms with Gasteiger partial charge in [0.1, 0.15) is 0 Å². The smallest absolute Gasteiger partial charge is 0.257 e. The number of carbonyl (C=O) groups is 2. The van der Waals surface area contributed by atoms with Crippen molar-refractivity contribution in [2.24, 2.45) is 0 Å². The van der Waals surface area contributed by atoms with Crippen molar-refractivity contribution in [3.63, 3.8) is 0 Å². The van der Waals surface area contributed by atoms with Crippen LogP contribution in [0.15, 0.2) is 60.8 Å². The zero-order chi connectivity index (χ0) is 18.5. The number of para-hydroxylation sites is 1. The van der Waals surface area contributed by atoms with Gasteiger partial charge in [0.2, 0.25) is 0 Å². The predicted molar refractivity (Wildman–Crippen MR) is 103 cm³/mol. The van der Waals surface area contributed by atoms with Crippen LogP contribution in [0.5, 0.6) is 0 Å². The number of nitrogens with zero attached hydrogens (tertiary/aromatic N) is 2. The fraction of sp³-hybridized carbons (Fsp3) is 0.190. The molecule has 1 aromatic heterocycles. The molecule has 1 heterocycles. The highest BCUT2D eigenvalue weighted by Crippen LogP contribution is 2.19. The summed E-state index contributed by atoms with van der Waals surface area (Å²) in [6.45, 7) is 5.18. The molecule has 0 spiro atoms. The lowest BCUT2D eigenvalue weighted by Gasteiger charge is -2.19. The van der Waals surface area contributed by atoms with Gasteiger partial charge >= 0.3 is 0 Å². The molecule has 0 fully saturated rings. The number of carbonyl (C=O) groups excluding carboxylic acids is 2. The first-order chi connectivity index (χ1) is 12.6. The van der Waals surface area contributed by atoms with Gasteiger partial charge in [0, 0.05) is 35.9 Å². The second-order valence-corrected chi connectivity index (χ2v) is 5.89. The van der Waals surface area contributed by atoms with Crippen molar-refractivity contribution in [3.05, 3.63) is 71.9 Å². The SMILES string of the molecule is CCN(CC)C(=O)c1cccc(NC(=O)c2cccc3cccnc23)c1. The summed E-state index contributed by atoms with van der Waals surface area (Å²) in [4.78, 5) is 31.3. The van der Waals surface area contributed by atoms with Crippen LogP contribution >= 0.6 is 0 Å². The van der Waals surface area contributed by atoms with E-state index in [2.05, 4.69) is 10.3 Å². The molecule has 2 aromatic carbocycles. The Morgan fingerprint density at radius 1 is 1.00 bits per heavy atom. The number of pyridine rings is 1. The summed E-state index contributed by atoms with van der Waals surface area (Å²) >= 11 is 0. The Morgan fingerprint density at radius 2 is 1.73 bits per heavy atom. The summed E-state index contributed by atoms with van der Waals surface area (Å²) < 4.78 is 0. The minimum absolute atomic E-state index is 0.0436. The molecule has 2 amide bonds. The maximum Gasteiger partial charge on any atom is 0.257 e. The van der Waals surface area contributed by atoms with Gasteiger partial charge in [0.05, 0.1) is 11.1 Å². The number of hydrogen-bond donors (Lipinski definition) is 1. The molecule has 0 aliphatic carbocycles. The first-order valence-corrected chi connectivity index (χ1v) is 8.68. The van der Waals surface area contributed by atoms with Crippen molar-refractivity contribution in [2.45, 2.75) is 13.8 Å². The van der Waals surface area contributed by atoms with Crippen LogP contribution < -0.4 is 5.32 Å². The highest BCUT2D eigenvalue weighted by molar-refractivity contribution is 6.12. The Balaban J connectivity index is 1.86. The van der Waals surface area contributed by atoms with E-state index < -0.39 is 0 Å². The van der Waals surface area contributed by atoms with E-state index in [1.54, 1.807) is 41.4 Å². The van der Waals surface area contributed by atoms with Gasteiger partial charge in [-0.3, -0.25) is 14.6 Å². The van der Waals surface area contributed by atoms with Crippen LogP contribution in [0.2, 0.25) is 0 Å². The normalized spacial score (nSPS) is 10.5. The summed E-state index contributed by atoms with van der Waals surface area (Å²) in [5, 5.41) is 3.78. The van der Waals surface area contributed by atoms with E-state index in [0.29, 0.717) is 35.4 Å². The summed E-state index contributed by atoms with van der Waals surface area (Å²) in [7, 11) is 0. The summed E-state index contributed by atoms with van der Waals surface area (Å²) in [5.41, 5.74) is 2.30. The molecule has 0 saturated heterocycles. The molecular weight excluding hydrogens is 326 g/mol. The van der Waals surface area contributed by atoms with Crippen molar-refractivity contribution in [1.29, 1.82) is 0 Å². The lowest BCUT2D eigenvalue weighted by Crippen LogP contribution is -2.30. The Labute approximate surface area is 152 Å². The zero-order valence-electron chi connectivity index (χ0n) is 14.9. The average Bonchev–Trinajstić information content (AvgIpc) is 2.68. The van der Waals surface area contributed by atoms with E-state index in [-0.39, 0.29) is 11.8 Å². The van der Waals surface area contributed by atoms with Crippen molar-refractivity contribution in [1.82, 2.24) is 9.88 Å². The van der Waals surface area contributed by atoms with Gasteiger partial charge < -0.3 is 10.2 Å². The van der Waals surface area contributed by atoms with Gasteiger partial charge in [-0.25, -0.2) is 0 Å². The maximum atomic E-state index is 12.7. The predicted octanol–water partition coefficient (Wildman–Crippen LogP) is 3.97. The third-order valence-corrected chi connectivity index (χ3v) is 4.30. The second kappa shape index (κ2) is 7.78. The van der Waals surface area contributed by atoms with Gasteiger partial charge in [0.15, 0.2) is 0 Å². The fourth-order valence-corrected chi connectivity index (χ4v) is 2.91. The molecule has 0 unspecified atom stereocenters. The summed E-state index contributed by atoms with van der Waals surface area (Å²) in [6.07, 6.45) is 1.67. The van der Waals surface area contributed by atoms with E-state index in [1.165, 1.54) is 0 Å². The van der Waals surface area contributed by atoms with Crippen molar-refractivity contribution >= 4 is 28.4 Å². The van der Waals surface area contributed by atoms with E-state index in [0.717, 1.165) is 5.39 Å². The molecular formula is C21H21N3O2. The number of anilines is 1. The molecule has 5 heteroatoms. The molecule has 0 atom stereocenters. The molecule has 26 heavy (non-hydrogen) atoms. The van der Waals surface area contributed by atoms with Crippen molar-refractivity contribution in [2.75, 3.05) is 18.4 Å². The average molecular weight is 347 g/mol. The molecule has 3 aromatic rings. The van der Waals surface area contributed by atoms with Gasteiger partial charge in [0.25, 0.3) is 11.8 Å². The van der Waals surface area contributed by atoms with Crippen LogP contribution in [-0.2, 0) is 0 Å². The molecule has 3 rings (SSSR count). The zero-order valence-corrected chi connectivity index (χ0v) is 14.9. The lowest BCUT2D eigenvalue weighted by atomic mass is 10.1. The minimum Gasteiger partial charge on any atom is -0.339 e. The minimum atomic E-state index is -0.248. The molecule has 0 saturated carbocycles. The fourth-order valence-electron chi connectivity index (χ4n) is 2.91. The molecule has 5 nitrogen and oxygen atoms in total. The van der Waals surface area contributed by atoms with Gasteiger partial charge in [-0.1, -0.05) is 24.3 Å². The molecule has 0 aliphatic heterocycles. The van der Waals surface area contributed by atoms with Gasteiger partial charge in [-0.15, -0.1) is 0 Å². The third kappa shape index (κ3) is 3.57. The van der Waals surface area contributed by atoms with Crippen molar-refractivity contribution < 1.29 is 9.59 Å². The number of benzene rings is 2. The molecule has 1 N–H and O–H groups in total. The summed E-state index contributed by atoms with van der Waals surface area (Å²) in [6, 6.07) is 16.3. The van der Waals surface area contributed by atoms with E-state index in [1.807, 2.05) is 38.1 Å². The molecule has 0 bridgehead atoms.